The molecule has 0 aromatic heterocycles. The van der Waals surface area contributed by atoms with Crippen LogP contribution in [0.5, 0.6) is 0 Å². The Morgan fingerprint density at radius 1 is 1.19 bits per heavy atom. The van der Waals surface area contributed by atoms with Crippen LogP contribution in [0.15, 0.2) is 30.3 Å². The fourth-order valence-corrected chi connectivity index (χ4v) is 3.28. The van der Waals surface area contributed by atoms with Crippen LogP contribution in [0.2, 0.25) is 0 Å². The molecular weight excluding hydrogens is 260 g/mol. The van der Waals surface area contributed by atoms with Crippen molar-refractivity contribution in [1.29, 1.82) is 0 Å². The molecule has 3 N–H and O–H groups in total. The van der Waals surface area contributed by atoms with Gasteiger partial charge in [-0.15, -0.1) is 0 Å². The number of nitrogens with two attached hydrogens (primary N) is 1. The number of nitrogens with zero attached hydrogens (tertiary/aromatic N) is 1. The number of rotatable bonds is 8. The molecule has 3 heteroatoms. The molecule has 0 spiro atoms. The van der Waals surface area contributed by atoms with E-state index >= 15 is 0 Å². The van der Waals surface area contributed by atoms with Crippen molar-refractivity contribution < 1.29 is 5.11 Å². The number of benzene rings is 1. The summed E-state index contributed by atoms with van der Waals surface area (Å²) < 4.78 is 0. The van der Waals surface area contributed by atoms with Crippen molar-refractivity contribution in [3.05, 3.63) is 35.9 Å². The minimum Gasteiger partial charge on any atom is -0.396 e. The number of hydrogen-bond donors (Lipinski definition) is 2. The zero-order valence-corrected chi connectivity index (χ0v) is 13.1. The summed E-state index contributed by atoms with van der Waals surface area (Å²) in [5.74, 6) is 0.742. The second-order valence-corrected chi connectivity index (χ2v) is 6.39. The quantitative estimate of drug-likeness (QED) is 0.773. The molecule has 2 rings (SSSR count). The molecule has 0 saturated carbocycles. The summed E-state index contributed by atoms with van der Waals surface area (Å²) in [5, 5.41) is 8.98. The maximum absolute atomic E-state index is 8.98. The summed E-state index contributed by atoms with van der Waals surface area (Å²) in [6.45, 7) is 3.91. The van der Waals surface area contributed by atoms with Gasteiger partial charge in [-0.2, -0.15) is 0 Å². The molecule has 1 fully saturated rings. The SMILES string of the molecule is NC(CCCN1CCC(CCO)CC1)Cc1ccccc1. The molecule has 0 amide bonds. The van der Waals surface area contributed by atoms with E-state index in [-0.39, 0.29) is 6.04 Å². The molecule has 118 valence electrons. The molecule has 1 aliphatic rings. The van der Waals surface area contributed by atoms with Gasteiger partial charge in [0.2, 0.25) is 0 Å². The Labute approximate surface area is 129 Å². The van der Waals surface area contributed by atoms with Gasteiger partial charge in [-0.05, 0) is 69.6 Å². The van der Waals surface area contributed by atoms with Gasteiger partial charge in [-0.3, -0.25) is 0 Å². The smallest absolute Gasteiger partial charge is 0.0433 e. The molecule has 21 heavy (non-hydrogen) atoms. The zero-order valence-electron chi connectivity index (χ0n) is 13.1. The van der Waals surface area contributed by atoms with Gasteiger partial charge >= 0.3 is 0 Å². The predicted octanol–water partition coefficient (Wildman–Crippen LogP) is 2.43. The van der Waals surface area contributed by atoms with E-state index < -0.39 is 0 Å². The molecule has 1 heterocycles. The van der Waals surface area contributed by atoms with Crippen LogP contribution >= 0.6 is 0 Å². The van der Waals surface area contributed by atoms with Gasteiger partial charge in [0.15, 0.2) is 0 Å². The van der Waals surface area contributed by atoms with E-state index in [2.05, 4.69) is 35.2 Å². The molecular formula is C18H30N2O. The summed E-state index contributed by atoms with van der Waals surface area (Å²) in [4.78, 5) is 2.56. The molecule has 1 aliphatic heterocycles. The van der Waals surface area contributed by atoms with E-state index in [4.69, 9.17) is 10.8 Å². The molecule has 3 nitrogen and oxygen atoms in total. The first-order valence-corrected chi connectivity index (χ1v) is 8.40. The van der Waals surface area contributed by atoms with Crippen molar-refractivity contribution in [3.63, 3.8) is 0 Å². The van der Waals surface area contributed by atoms with Crippen molar-refractivity contribution in [2.24, 2.45) is 11.7 Å². The van der Waals surface area contributed by atoms with Crippen molar-refractivity contribution in [3.8, 4) is 0 Å². The van der Waals surface area contributed by atoms with Crippen molar-refractivity contribution in [2.45, 2.75) is 44.6 Å². The predicted molar refractivity (Wildman–Crippen MR) is 88.2 cm³/mol. The normalized spacial score (nSPS) is 18.8. The van der Waals surface area contributed by atoms with Crippen LogP contribution in [0, 0.1) is 5.92 Å². The van der Waals surface area contributed by atoms with Crippen molar-refractivity contribution in [2.75, 3.05) is 26.2 Å². The molecule has 0 radical (unpaired) electrons. The highest BCUT2D eigenvalue weighted by atomic mass is 16.3. The molecule has 0 aliphatic carbocycles. The van der Waals surface area contributed by atoms with Crippen LogP contribution in [0.1, 0.15) is 37.7 Å². The highest BCUT2D eigenvalue weighted by Gasteiger charge is 2.18. The number of likely N-dealkylation sites (tertiary alicyclic amines) is 1. The van der Waals surface area contributed by atoms with Gasteiger partial charge in [0.25, 0.3) is 0 Å². The highest BCUT2D eigenvalue weighted by molar-refractivity contribution is 5.15. The average Bonchev–Trinajstić information content (AvgIpc) is 2.50. The Bertz CT molecular complexity index is 374. The topological polar surface area (TPSA) is 49.5 Å². The largest absolute Gasteiger partial charge is 0.396 e. The lowest BCUT2D eigenvalue weighted by atomic mass is 9.93. The molecule has 1 aromatic carbocycles. The lowest BCUT2D eigenvalue weighted by Gasteiger charge is -2.31. The Kier molecular flexibility index (Phi) is 7.20. The van der Waals surface area contributed by atoms with Crippen LogP contribution in [0.3, 0.4) is 0 Å². The first-order valence-electron chi connectivity index (χ1n) is 8.40. The Hall–Kier alpha value is -0.900. The molecule has 1 aromatic rings. The fourth-order valence-electron chi connectivity index (χ4n) is 3.28. The standard InChI is InChI=1S/C18H30N2O/c19-18(15-17-5-2-1-3-6-17)7-4-11-20-12-8-16(9-13-20)10-14-21/h1-3,5-6,16,18,21H,4,7-15,19H2. The van der Waals surface area contributed by atoms with Gasteiger partial charge in [0, 0.05) is 12.6 Å². The van der Waals surface area contributed by atoms with E-state index in [9.17, 15) is 0 Å². The van der Waals surface area contributed by atoms with E-state index in [1.54, 1.807) is 0 Å². The van der Waals surface area contributed by atoms with Gasteiger partial charge in [0.05, 0.1) is 0 Å². The summed E-state index contributed by atoms with van der Waals surface area (Å²) in [6.07, 6.45) is 6.76. The number of aliphatic hydroxyl groups is 1. The van der Waals surface area contributed by atoms with Crippen molar-refractivity contribution >= 4 is 0 Å². The van der Waals surface area contributed by atoms with Crippen LogP contribution in [-0.4, -0.2) is 42.3 Å². The minimum absolute atomic E-state index is 0.277. The fraction of sp³-hybridized carbons (Fsp3) is 0.667. The summed E-state index contributed by atoms with van der Waals surface area (Å²) in [7, 11) is 0. The summed E-state index contributed by atoms with van der Waals surface area (Å²) in [5.41, 5.74) is 7.58. The lowest BCUT2D eigenvalue weighted by Crippen LogP contribution is -2.35. The molecule has 1 saturated heterocycles. The van der Waals surface area contributed by atoms with E-state index in [0.29, 0.717) is 6.61 Å². The number of piperidine rings is 1. The average molecular weight is 290 g/mol. The first kappa shape index (κ1) is 16.5. The van der Waals surface area contributed by atoms with E-state index in [0.717, 1.165) is 25.2 Å². The van der Waals surface area contributed by atoms with E-state index in [1.807, 2.05) is 0 Å². The Morgan fingerprint density at radius 2 is 1.90 bits per heavy atom. The molecule has 1 unspecified atom stereocenters. The highest BCUT2D eigenvalue weighted by Crippen LogP contribution is 2.20. The first-order chi connectivity index (χ1) is 10.3. The number of aliphatic hydroxyl groups excluding tert-OH is 1. The van der Waals surface area contributed by atoms with Crippen LogP contribution in [0.25, 0.3) is 0 Å². The molecule has 1 atom stereocenters. The van der Waals surface area contributed by atoms with Gasteiger partial charge in [0.1, 0.15) is 0 Å². The third-order valence-corrected chi connectivity index (χ3v) is 4.63. The summed E-state index contributed by atoms with van der Waals surface area (Å²) in [6, 6.07) is 10.8. The number of hydrogen-bond acceptors (Lipinski definition) is 3. The monoisotopic (exact) mass is 290 g/mol. The van der Waals surface area contributed by atoms with Crippen LogP contribution < -0.4 is 5.73 Å². The second kappa shape index (κ2) is 9.19. The lowest BCUT2D eigenvalue weighted by molar-refractivity contribution is 0.156. The third-order valence-electron chi connectivity index (χ3n) is 4.63. The van der Waals surface area contributed by atoms with Crippen molar-refractivity contribution in [1.82, 2.24) is 4.90 Å². The Morgan fingerprint density at radius 3 is 2.57 bits per heavy atom. The Balaban J connectivity index is 1.57. The zero-order chi connectivity index (χ0) is 14.9. The van der Waals surface area contributed by atoms with Gasteiger partial charge in [-0.1, -0.05) is 30.3 Å². The van der Waals surface area contributed by atoms with Crippen LogP contribution in [0.4, 0.5) is 0 Å². The minimum atomic E-state index is 0.277. The van der Waals surface area contributed by atoms with Gasteiger partial charge < -0.3 is 15.7 Å². The second-order valence-electron chi connectivity index (χ2n) is 6.39. The summed E-state index contributed by atoms with van der Waals surface area (Å²) >= 11 is 0. The van der Waals surface area contributed by atoms with Crippen LogP contribution in [-0.2, 0) is 6.42 Å². The third kappa shape index (κ3) is 6.16. The maximum Gasteiger partial charge on any atom is 0.0433 e. The van der Waals surface area contributed by atoms with E-state index in [1.165, 1.54) is 44.5 Å². The van der Waals surface area contributed by atoms with Gasteiger partial charge in [-0.25, -0.2) is 0 Å². The molecule has 0 bridgehead atoms. The maximum atomic E-state index is 8.98.